The third-order valence-corrected chi connectivity index (χ3v) is 6.26. The number of imidazole rings is 1. The predicted molar refractivity (Wildman–Crippen MR) is 136 cm³/mol. The molecule has 2 heterocycles. The smallest absolute Gasteiger partial charge is 0.122 e. The van der Waals surface area contributed by atoms with E-state index in [-0.39, 0.29) is 17.7 Å². The molecule has 34 heavy (non-hydrogen) atoms. The Morgan fingerprint density at radius 1 is 1.21 bits per heavy atom. The highest BCUT2D eigenvalue weighted by atomic mass is 16.5. The van der Waals surface area contributed by atoms with Gasteiger partial charge >= 0.3 is 0 Å². The van der Waals surface area contributed by atoms with Crippen LogP contribution in [0.4, 0.5) is 0 Å². The van der Waals surface area contributed by atoms with Crippen molar-refractivity contribution in [2.24, 2.45) is 5.73 Å². The summed E-state index contributed by atoms with van der Waals surface area (Å²) in [7, 11) is 0. The molecule has 1 fully saturated rings. The summed E-state index contributed by atoms with van der Waals surface area (Å²) in [5.74, 6) is 2.54. The maximum Gasteiger partial charge on any atom is 0.122 e. The minimum atomic E-state index is -0.0327. The Bertz CT molecular complexity index is 1240. The first-order valence-electron chi connectivity index (χ1n) is 11.7. The lowest BCUT2D eigenvalue weighted by molar-refractivity contribution is 0.130. The SMILES string of the molecule is CCc1nc2ccc(OC3CCN(C(C)=N)CC3)cc2n1C/C=C/c1cc(C(=N)N)ccc1O. The second kappa shape index (κ2) is 9.99. The van der Waals surface area contributed by atoms with Crippen LogP contribution in [0, 0.1) is 10.8 Å². The fourth-order valence-corrected chi connectivity index (χ4v) is 4.34. The topological polar surface area (TPSA) is 124 Å². The van der Waals surface area contributed by atoms with E-state index in [2.05, 4.69) is 22.5 Å². The fraction of sp³-hybridized carbons (Fsp3) is 0.346. The number of nitrogens with one attached hydrogen (secondary N) is 2. The second-order valence-electron chi connectivity index (χ2n) is 8.62. The molecule has 0 aliphatic carbocycles. The summed E-state index contributed by atoms with van der Waals surface area (Å²) in [5, 5.41) is 25.6. The molecule has 0 amide bonds. The lowest BCUT2D eigenvalue weighted by Crippen LogP contribution is -2.40. The first kappa shape index (κ1) is 23.4. The molecule has 1 aliphatic rings. The largest absolute Gasteiger partial charge is 0.507 e. The Hall–Kier alpha value is -3.81. The number of fused-ring (bicyclic) bond motifs is 1. The Morgan fingerprint density at radius 2 is 1.97 bits per heavy atom. The van der Waals surface area contributed by atoms with Gasteiger partial charge in [-0.15, -0.1) is 0 Å². The average Bonchev–Trinajstić information content (AvgIpc) is 3.17. The third-order valence-electron chi connectivity index (χ3n) is 6.26. The summed E-state index contributed by atoms with van der Waals surface area (Å²) in [5.41, 5.74) is 8.70. The summed E-state index contributed by atoms with van der Waals surface area (Å²) in [6, 6.07) is 10.9. The lowest BCUT2D eigenvalue weighted by Gasteiger charge is -2.32. The zero-order chi connectivity index (χ0) is 24.2. The van der Waals surface area contributed by atoms with Gasteiger partial charge in [-0.3, -0.25) is 10.8 Å². The predicted octanol–water partition coefficient (Wildman–Crippen LogP) is 4.14. The first-order chi connectivity index (χ1) is 16.4. The number of aryl methyl sites for hydroxylation is 1. The van der Waals surface area contributed by atoms with Crippen molar-refractivity contribution in [1.82, 2.24) is 14.5 Å². The number of hydrogen-bond acceptors (Lipinski definition) is 5. The van der Waals surface area contributed by atoms with Crippen LogP contribution in [-0.4, -0.2) is 50.4 Å². The molecule has 178 valence electrons. The molecule has 1 aliphatic heterocycles. The summed E-state index contributed by atoms with van der Waals surface area (Å²) < 4.78 is 8.45. The van der Waals surface area contributed by atoms with Crippen LogP contribution in [-0.2, 0) is 13.0 Å². The molecule has 0 bridgehead atoms. The lowest BCUT2D eigenvalue weighted by atomic mass is 10.1. The van der Waals surface area contributed by atoms with E-state index >= 15 is 0 Å². The molecular weight excluding hydrogens is 428 g/mol. The quantitative estimate of drug-likeness (QED) is 0.312. The number of nitrogens with two attached hydrogens (primary N) is 1. The fourth-order valence-electron chi connectivity index (χ4n) is 4.34. The van der Waals surface area contributed by atoms with Crippen LogP contribution in [0.15, 0.2) is 42.5 Å². The maximum atomic E-state index is 10.2. The van der Waals surface area contributed by atoms with E-state index in [0.29, 0.717) is 23.5 Å². The van der Waals surface area contributed by atoms with Gasteiger partial charge in [0, 0.05) is 56.1 Å². The van der Waals surface area contributed by atoms with Gasteiger partial charge in [-0.2, -0.15) is 0 Å². The summed E-state index contributed by atoms with van der Waals surface area (Å²) in [4.78, 5) is 6.86. The number of hydrogen-bond donors (Lipinski definition) is 4. The minimum Gasteiger partial charge on any atom is -0.507 e. The normalized spacial score (nSPS) is 14.7. The number of phenols is 1. The van der Waals surface area contributed by atoms with Crippen LogP contribution in [0.25, 0.3) is 17.1 Å². The molecule has 0 unspecified atom stereocenters. The van der Waals surface area contributed by atoms with Crippen LogP contribution < -0.4 is 10.5 Å². The Labute approximate surface area is 199 Å². The van der Waals surface area contributed by atoms with E-state index < -0.39 is 0 Å². The Morgan fingerprint density at radius 3 is 2.65 bits per heavy atom. The highest BCUT2D eigenvalue weighted by Gasteiger charge is 2.21. The van der Waals surface area contributed by atoms with E-state index in [0.717, 1.165) is 55.0 Å². The molecule has 0 radical (unpaired) electrons. The zero-order valence-corrected chi connectivity index (χ0v) is 19.7. The van der Waals surface area contributed by atoms with Gasteiger partial charge in [-0.1, -0.05) is 19.1 Å². The number of likely N-dealkylation sites (tertiary alicyclic amines) is 1. The minimum absolute atomic E-state index is 0.0327. The van der Waals surface area contributed by atoms with E-state index in [4.69, 9.17) is 26.3 Å². The van der Waals surface area contributed by atoms with Crippen LogP contribution in [0.5, 0.6) is 11.5 Å². The Balaban J connectivity index is 1.53. The third kappa shape index (κ3) is 5.06. The Kier molecular flexibility index (Phi) is 6.86. The van der Waals surface area contributed by atoms with E-state index in [1.54, 1.807) is 18.2 Å². The molecule has 8 nitrogen and oxygen atoms in total. The molecule has 1 saturated heterocycles. The molecule has 0 saturated carbocycles. The van der Waals surface area contributed by atoms with Gasteiger partial charge in [0.2, 0.25) is 0 Å². The number of amidine groups is 2. The number of nitrogen functional groups attached to an aromatic ring is 1. The molecule has 8 heteroatoms. The maximum absolute atomic E-state index is 10.2. The van der Waals surface area contributed by atoms with E-state index in [1.807, 2.05) is 31.2 Å². The van der Waals surface area contributed by atoms with Gasteiger partial charge < -0.3 is 25.0 Å². The number of rotatable bonds is 7. The van der Waals surface area contributed by atoms with E-state index in [9.17, 15) is 5.11 Å². The summed E-state index contributed by atoms with van der Waals surface area (Å²) >= 11 is 0. The van der Waals surface area contributed by atoms with Crippen molar-refractivity contribution >= 4 is 28.8 Å². The molecule has 0 atom stereocenters. The van der Waals surface area contributed by atoms with Crippen LogP contribution in [0.1, 0.15) is 43.6 Å². The zero-order valence-electron chi connectivity index (χ0n) is 19.7. The van der Waals surface area contributed by atoms with Crippen molar-refractivity contribution in [3.8, 4) is 11.5 Å². The van der Waals surface area contributed by atoms with Crippen molar-refractivity contribution in [3.63, 3.8) is 0 Å². The summed E-state index contributed by atoms with van der Waals surface area (Å²) in [6.07, 6.45) is 6.56. The second-order valence-corrected chi connectivity index (χ2v) is 8.62. The van der Waals surface area contributed by atoms with Crippen molar-refractivity contribution in [3.05, 3.63) is 59.4 Å². The van der Waals surface area contributed by atoms with Crippen LogP contribution >= 0.6 is 0 Å². The molecule has 2 aromatic carbocycles. The molecule has 1 aromatic heterocycles. The number of benzene rings is 2. The number of ether oxygens (including phenoxy) is 1. The van der Waals surface area contributed by atoms with Gasteiger partial charge in [0.05, 0.1) is 16.9 Å². The average molecular weight is 461 g/mol. The van der Waals surface area contributed by atoms with Crippen molar-refractivity contribution in [1.29, 1.82) is 10.8 Å². The standard InChI is InChI=1S/C26H32N6O2/c1-3-25-30-22-8-7-21(34-20-10-13-31(14-11-20)17(2)27)16-23(22)32(25)12-4-5-18-15-19(26(28)29)6-9-24(18)33/h4-9,15-16,20,27,33H,3,10-14H2,1-2H3,(H3,28,29)/b5-4+,27-17?. The molecular formula is C26H32N6O2. The number of phenolic OH excluding ortho intramolecular Hbond substituents is 1. The number of aromatic nitrogens is 2. The monoisotopic (exact) mass is 460 g/mol. The number of nitrogens with zero attached hydrogens (tertiary/aromatic N) is 3. The van der Waals surface area contributed by atoms with Crippen molar-refractivity contribution < 1.29 is 9.84 Å². The van der Waals surface area contributed by atoms with Gasteiger partial charge in [0.15, 0.2) is 0 Å². The number of allylic oxidation sites excluding steroid dienone is 1. The highest BCUT2D eigenvalue weighted by molar-refractivity contribution is 5.95. The molecule has 3 aromatic rings. The van der Waals surface area contributed by atoms with Crippen molar-refractivity contribution in [2.45, 2.75) is 45.8 Å². The molecule has 4 rings (SSSR count). The van der Waals surface area contributed by atoms with Crippen LogP contribution in [0.3, 0.4) is 0 Å². The van der Waals surface area contributed by atoms with Gasteiger partial charge in [-0.05, 0) is 37.3 Å². The number of piperidine rings is 1. The van der Waals surface area contributed by atoms with E-state index in [1.165, 1.54) is 0 Å². The molecule has 0 spiro atoms. The molecule has 5 N–H and O–H groups in total. The first-order valence-corrected chi connectivity index (χ1v) is 11.7. The number of aromatic hydroxyl groups is 1. The van der Waals surface area contributed by atoms with Gasteiger partial charge in [0.25, 0.3) is 0 Å². The van der Waals surface area contributed by atoms with Gasteiger partial charge in [-0.25, -0.2) is 4.98 Å². The van der Waals surface area contributed by atoms with Gasteiger partial charge in [0.1, 0.15) is 29.3 Å². The summed E-state index contributed by atoms with van der Waals surface area (Å²) in [6.45, 7) is 6.20. The van der Waals surface area contributed by atoms with Crippen LogP contribution in [0.2, 0.25) is 0 Å². The van der Waals surface area contributed by atoms with Crippen molar-refractivity contribution in [2.75, 3.05) is 13.1 Å². The highest BCUT2D eigenvalue weighted by Crippen LogP contribution is 2.26.